The maximum absolute atomic E-state index is 8.56. The van der Waals surface area contributed by atoms with Crippen molar-refractivity contribution in [2.45, 2.75) is 6.42 Å². The highest BCUT2D eigenvalue weighted by Gasteiger charge is 2.04. The van der Waals surface area contributed by atoms with E-state index in [0.29, 0.717) is 21.3 Å². The molecule has 2 aromatic rings. The predicted molar refractivity (Wildman–Crippen MR) is 61.1 cm³/mol. The van der Waals surface area contributed by atoms with Crippen molar-refractivity contribution >= 4 is 34.1 Å². The van der Waals surface area contributed by atoms with Crippen molar-refractivity contribution in [3.05, 3.63) is 40.0 Å². The number of halogens is 2. The van der Waals surface area contributed by atoms with Crippen molar-refractivity contribution in [1.29, 1.82) is 5.26 Å². The lowest BCUT2D eigenvalue weighted by Gasteiger charge is -2.02. The molecule has 2 rings (SSSR count). The van der Waals surface area contributed by atoms with E-state index in [1.165, 1.54) is 0 Å². The van der Waals surface area contributed by atoms with Crippen molar-refractivity contribution < 1.29 is 0 Å². The molecule has 0 aliphatic rings. The average Bonchev–Trinajstić information content (AvgIpc) is 2.19. The Morgan fingerprint density at radius 3 is 2.80 bits per heavy atom. The topological polar surface area (TPSA) is 36.7 Å². The third-order valence-corrected chi connectivity index (χ3v) is 2.53. The second kappa shape index (κ2) is 4.06. The van der Waals surface area contributed by atoms with Crippen LogP contribution in [-0.4, -0.2) is 4.98 Å². The van der Waals surface area contributed by atoms with Gasteiger partial charge in [-0.05, 0) is 18.2 Å². The number of hydrogen-bond donors (Lipinski definition) is 0. The normalized spacial score (nSPS) is 10.2. The maximum atomic E-state index is 8.56. The standard InChI is InChI=1S/C11H6Cl2N2/c12-8-5-7-1-2-9(3-4-14)15-11(7)10(13)6-8/h1-2,5-6H,3H2. The third kappa shape index (κ3) is 2.04. The van der Waals surface area contributed by atoms with Gasteiger partial charge in [0.25, 0.3) is 0 Å². The van der Waals surface area contributed by atoms with Crippen LogP contribution in [0.4, 0.5) is 0 Å². The van der Waals surface area contributed by atoms with Gasteiger partial charge in [0, 0.05) is 10.4 Å². The molecule has 0 aliphatic carbocycles. The fourth-order valence-corrected chi connectivity index (χ4v) is 1.93. The number of fused-ring (bicyclic) bond motifs is 1. The summed E-state index contributed by atoms with van der Waals surface area (Å²) in [5, 5.41) is 10.5. The van der Waals surface area contributed by atoms with Gasteiger partial charge in [-0.1, -0.05) is 29.3 Å². The van der Waals surface area contributed by atoms with Gasteiger partial charge >= 0.3 is 0 Å². The number of nitrogens with zero attached hydrogens (tertiary/aromatic N) is 2. The van der Waals surface area contributed by atoms with Gasteiger partial charge < -0.3 is 0 Å². The first-order chi connectivity index (χ1) is 7.20. The summed E-state index contributed by atoms with van der Waals surface area (Å²) < 4.78 is 0. The van der Waals surface area contributed by atoms with Crippen LogP contribution < -0.4 is 0 Å². The van der Waals surface area contributed by atoms with E-state index in [9.17, 15) is 0 Å². The average molecular weight is 237 g/mol. The molecule has 0 amide bonds. The lowest BCUT2D eigenvalue weighted by atomic mass is 10.2. The van der Waals surface area contributed by atoms with Crippen molar-refractivity contribution in [3.8, 4) is 6.07 Å². The zero-order chi connectivity index (χ0) is 10.8. The highest BCUT2D eigenvalue weighted by atomic mass is 35.5. The molecule has 0 aliphatic heterocycles. The van der Waals surface area contributed by atoms with E-state index in [2.05, 4.69) is 4.98 Å². The summed E-state index contributed by atoms with van der Waals surface area (Å²) in [6, 6.07) is 9.16. The third-order valence-electron chi connectivity index (χ3n) is 2.03. The number of nitriles is 1. The molecule has 1 heterocycles. The van der Waals surface area contributed by atoms with E-state index in [4.69, 9.17) is 28.5 Å². The number of pyridine rings is 1. The van der Waals surface area contributed by atoms with Gasteiger partial charge in [0.15, 0.2) is 0 Å². The summed E-state index contributed by atoms with van der Waals surface area (Å²) in [5.74, 6) is 0. The molecule has 0 spiro atoms. The predicted octanol–water partition coefficient (Wildman–Crippen LogP) is 3.61. The molecule has 1 aromatic carbocycles. The lowest BCUT2D eigenvalue weighted by Crippen LogP contribution is -1.89. The maximum Gasteiger partial charge on any atom is 0.0892 e. The number of hydrogen-bond acceptors (Lipinski definition) is 2. The van der Waals surface area contributed by atoms with E-state index in [1.54, 1.807) is 18.2 Å². The highest BCUT2D eigenvalue weighted by Crippen LogP contribution is 2.26. The van der Waals surface area contributed by atoms with Crippen LogP contribution in [-0.2, 0) is 6.42 Å². The fourth-order valence-electron chi connectivity index (χ4n) is 1.38. The summed E-state index contributed by atoms with van der Waals surface area (Å²) in [6.07, 6.45) is 0.287. The minimum absolute atomic E-state index is 0.287. The summed E-state index contributed by atoms with van der Waals surface area (Å²) in [6.45, 7) is 0. The Hall–Kier alpha value is -1.30. The molecule has 0 atom stereocenters. The molecule has 0 bridgehead atoms. The van der Waals surface area contributed by atoms with Gasteiger partial charge in [-0.3, -0.25) is 4.98 Å². The molecular weight excluding hydrogens is 231 g/mol. The first kappa shape index (κ1) is 10.2. The van der Waals surface area contributed by atoms with E-state index in [1.807, 2.05) is 12.1 Å². The molecule has 0 N–H and O–H groups in total. The minimum Gasteiger partial charge on any atom is -0.250 e. The second-order valence-corrected chi connectivity index (χ2v) is 3.94. The van der Waals surface area contributed by atoms with Crippen LogP contribution in [0, 0.1) is 11.3 Å². The lowest BCUT2D eigenvalue weighted by molar-refractivity contribution is 1.15. The zero-order valence-electron chi connectivity index (χ0n) is 7.67. The summed E-state index contributed by atoms with van der Waals surface area (Å²) in [5.41, 5.74) is 1.41. The number of benzene rings is 1. The van der Waals surface area contributed by atoms with E-state index in [-0.39, 0.29) is 6.42 Å². The minimum atomic E-state index is 0.287. The number of rotatable bonds is 1. The van der Waals surface area contributed by atoms with Gasteiger partial charge in [-0.25, -0.2) is 0 Å². The Kier molecular flexibility index (Phi) is 2.77. The fraction of sp³-hybridized carbons (Fsp3) is 0.0909. The van der Waals surface area contributed by atoms with Crippen molar-refractivity contribution in [3.63, 3.8) is 0 Å². The van der Waals surface area contributed by atoms with E-state index in [0.717, 1.165) is 5.39 Å². The molecule has 4 heteroatoms. The molecule has 74 valence electrons. The monoisotopic (exact) mass is 236 g/mol. The van der Waals surface area contributed by atoms with Gasteiger partial charge in [-0.2, -0.15) is 5.26 Å². The molecule has 2 nitrogen and oxygen atoms in total. The van der Waals surface area contributed by atoms with E-state index < -0.39 is 0 Å². The van der Waals surface area contributed by atoms with Crippen LogP contribution in [0.2, 0.25) is 10.0 Å². The summed E-state index contributed by atoms with van der Waals surface area (Å²) in [7, 11) is 0. The summed E-state index contributed by atoms with van der Waals surface area (Å²) >= 11 is 11.9. The highest BCUT2D eigenvalue weighted by molar-refractivity contribution is 6.38. The van der Waals surface area contributed by atoms with Crippen molar-refractivity contribution in [1.82, 2.24) is 4.98 Å². The first-order valence-corrected chi connectivity index (χ1v) is 5.08. The van der Waals surface area contributed by atoms with Crippen LogP contribution in [0.1, 0.15) is 5.69 Å². The molecule has 0 unspecified atom stereocenters. The Morgan fingerprint density at radius 1 is 1.27 bits per heavy atom. The molecular formula is C11H6Cl2N2. The Bertz CT molecular complexity index is 558. The number of aromatic nitrogens is 1. The molecule has 0 radical (unpaired) electrons. The smallest absolute Gasteiger partial charge is 0.0892 e. The quantitative estimate of drug-likeness (QED) is 0.759. The van der Waals surface area contributed by atoms with Gasteiger partial charge in [-0.15, -0.1) is 0 Å². The first-order valence-electron chi connectivity index (χ1n) is 4.32. The van der Waals surface area contributed by atoms with Gasteiger partial charge in [0.1, 0.15) is 0 Å². The summed E-state index contributed by atoms with van der Waals surface area (Å²) in [4.78, 5) is 4.29. The van der Waals surface area contributed by atoms with Crippen LogP contribution >= 0.6 is 23.2 Å². The van der Waals surface area contributed by atoms with Crippen LogP contribution in [0.15, 0.2) is 24.3 Å². The van der Waals surface area contributed by atoms with Crippen LogP contribution in [0.3, 0.4) is 0 Å². The Morgan fingerprint density at radius 2 is 2.07 bits per heavy atom. The van der Waals surface area contributed by atoms with Crippen LogP contribution in [0.5, 0.6) is 0 Å². The Labute approximate surface area is 97.1 Å². The van der Waals surface area contributed by atoms with Gasteiger partial charge in [0.05, 0.1) is 28.7 Å². The second-order valence-electron chi connectivity index (χ2n) is 3.10. The molecule has 0 fully saturated rings. The van der Waals surface area contributed by atoms with Gasteiger partial charge in [0.2, 0.25) is 0 Å². The molecule has 15 heavy (non-hydrogen) atoms. The van der Waals surface area contributed by atoms with Crippen molar-refractivity contribution in [2.24, 2.45) is 0 Å². The molecule has 1 aromatic heterocycles. The molecule has 0 saturated carbocycles. The largest absolute Gasteiger partial charge is 0.250 e. The van der Waals surface area contributed by atoms with Crippen molar-refractivity contribution in [2.75, 3.05) is 0 Å². The van der Waals surface area contributed by atoms with E-state index >= 15 is 0 Å². The Balaban J connectivity index is 2.67. The molecule has 0 saturated heterocycles. The zero-order valence-corrected chi connectivity index (χ0v) is 9.18. The SMILES string of the molecule is N#CCc1ccc2cc(Cl)cc(Cl)c2n1. The van der Waals surface area contributed by atoms with Crippen LogP contribution in [0.25, 0.3) is 10.9 Å².